The Hall–Kier alpha value is -0.300. The van der Waals surface area contributed by atoms with Crippen molar-refractivity contribution in [1.29, 1.82) is 0 Å². The lowest BCUT2D eigenvalue weighted by atomic mass is 9.99. The van der Waals surface area contributed by atoms with Crippen molar-refractivity contribution < 1.29 is 0 Å². The third-order valence-corrected chi connectivity index (χ3v) is 2.26. The third-order valence-electron chi connectivity index (χ3n) is 2.26. The van der Waals surface area contributed by atoms with Gasteiger partial charge in [-0.05, 0) is 12.3 Å². The Morgan fingerprint density at radius 3 is 3.00 bits per heavy atom. The summed E-state index contributed by atoms with van der Waals surface area (Å²) in [5.74, 6) is 0.815. The van der Waals surface area contributed by atoms with E-state index in [0.29, 0.717) is 0 Å². The highest BCUT2D eigenvalue weighted by atomic mass is 14.9. The molecule has 0 saturated heterocycles. The minimum absolute atomic E-state index is 0.815. The molecule has 0 aromatic carbocycles. The van der Waals surface area contributed by atoms with Crippen molar-refractivity contribution in [3.63, 3.8) is 0 Å². The molecule has 1 atom stereocenters. The molecule has 1 rings (SSSR count). The molecule has 0 aromatic heterocycles. The Morgan fingerprint density at radius 1 is 1.45 bits per heavy atom. The second kappa shape index (κ2) is 5.36. The van der Waals surface area contributed by atoms with Crippen LogP contribution in [0.3, 0.4) is 0 Å². The average Bonchev–Trinajstić information content (AvgIpc) is 2.07. The van der Waals surface area contributed by atoms with Gasteiger partial charge in [-0.3, -0.25) is 0 Å². The SMILES string of the molecule is CCCCCC1C=CCNC1. The summed E-state index contributed by atoms with van der Waals surface area (Å²) in [5, 5.41) is 3.37. The van der Waals surface area contributed by atoms with Crippen LogP contribution >= 0.6 is 0 Å². The molecule has 0 fully saturated rings. The first-order valence-corrected chi connectivity index (χ1v) is 4.81. The molecule has 0 radical (unpaired) electrons. The zero-order chi connectivity index (χ0) is 7.94. The standard InChI is InChI=1S/C10H19N/c1-2-3-4-6-10-7-5-8-11-9-10/h5,7,10-11H,2-4,6,8-9H2,1H3. The third kappa shape index (κ3) is 3.57. The van der Waals surface area contributed by atoms with Crippen LogP contribution in [0.2, 0.25) is 0 Å². The lowest BCUT2D eigenvalue weighted by molar-refractivity contribution is 0.493. The van der Waals surface area contributed by atoms with Crippen molar-refractivity contribution >= 4 is 0 Å². The topological polar surface area (TPSA) is 12.0 Å². The van der Waals surface area contributed by atoms with Crippen molar-refractivity contribution in [2.75, 3.05) is 13.1 Å². The van der Waals surface area contributed by atoms with Crippen LogP contribution in [-0.2, 0) is 0 Å². The first-order chi connectivity index (χ1) is 5.43. The molecule has 0 aromatic rings. The fraction of sp³-hybridized carbons (Fsp3) is 0.800. The quantitative estimate of drug-likeness (QED) is 0.483. The van der Waals surface area contributed by atoms with Crippen LogP contribution in [0.25, 0.3) is 0 Å². The van der Waals surface area contributed by atoms with Crippen LogP contribution in [0, 0.1) is 5.92 Å². The number of hydrogen-bond donors (Lipinski definition) is 1. The molecule has 0 spiro atoms. The van der Waals surface area contributed by atoms with Gasteiger partial charge in [-0.1, -0.05) is 38.3 Å². The van der Waals surface area contributed by atoms with Crippen molar-refractivity contribution in [2.45, 2.75) is 32.6 Å². The molecule has 11 heavy (non-hydrogen) atoms. The van der Waals surface area contributed by atoms with Crippen molar-refractivity contribution in [2.24, 2.45) is 5.92 Å². The van der Waals surface area contributed by atoms with Crippen LogP contribution in [0.4, 0.5) is 0 Å². The second-order valence-electron chi connectivity index (χ2n) is 3.34. The molecule has 0 amide bonds. The van der Waals surface area contributed by atoms with E-state index in [1.54, 1.807) is 0 Å². The first kappa shape index (κ1) is 8.79. The summed E-state index contributed by atoms with van der Waals surface area (Å²) >= 11 is 0. The van der Waals surface area contributed by atoms with Crippen molar-refractivity contribution in [3.05, 3.63) is 12.2 Å². The summed E-state index contributed by atoms with van der Waals surface area (Å²) in [6.45, 7) is 4.53. The predicted octanol–water partition coefficient (Wildman–Crippen LogP) is 2.34. The molecular weight excluding hydrogens is 134 g/mol. The lowest BCUT2D eigenvalue weighted by Crippen LogP contribution is -2.25. The molecule has 1 unspecified atom stereocenters. The van der Waals surface area contributed by atoms with E-state index in [-0.39, 0.29) is 0 Å². The molecule has 1 nitrogen and oxygen atoms in total. The fourth-order valence-corrected chi connectivity index (χ4v) is 1.54. The number of rotatable bonds is 4. The molecule has 1 N–H and O–H groups in total. The molecule has 0 bridgehead atoms. The molecule has 1 aliphatic rings. The smallest absolute Gasteiger partial charge is 0.0135 e. The molecule has 1 aliphatic heterocycles. The zero-order valence-electron chi connectivity index (χ0n) is 7.47. The Labute approximate surface area is 69.9 Å². The summed E-state index contributed by atoms with van der Waals surface area (Å²) < 4.78 is 0. The highest BCUT2D eigenvalue weighted by Gasteiger charge is 2.05. The van der Waals surface area contributed by atoms with Crippen molar-refractivity contribution in [1.82, 2.24) is 5.32 Å². The molecule has 1 heteroatoms. The minimum atomic E-state index is 0.815. The van der Waals surface area contributed by atoms with Crippen LogP contribution in [0.1, 0.15) is 32.6 Å². The number of nitrogens with one attached hydrogen (secondary N) is 1. The van der Waals surface area contributed by atoms with E-state index in [2.05, 4.69) is 24.4 Å². The van der Waals surface area contributed by atoms with Gasteiger partial charge >= 0.3 is 0 Å². The van der Waals surface area contributed by atoms with E-state index in [1.165, 1.54) is 32.2 Å². The zero-order valence-corrected chi connectivity index (χ0v) is 7.47. The van der Waals surface area contributed by atoms with Gasteiger partial charge in [0.1, 0.15) is 0 Å². The molecule has 64 valence electrons. The summed E-state index contributed by atoms with van der Waals surface area (Å²) in [6.07, 6.45) is 10.1. The van der Waals surface area contributed by atoms with Gasteiger partial charge in [-0.25, -0.2) is 0 Å². The monoisotopic (exact) mass is 153 g/mol. The van der Waals surface area contributed by atoms with Gasteiger partial charge in [0, 0.05) is 13.1 Å². The second-order valence-corrected chi connectivity index (χ2v) is 3.34. The van der Waals surface area contributed by atoms with Crippen LogP contribution in [0.5, 0.6) is 0 Å². The van der Waals surface area contributed by atoms with Gasteiger partial charge in [-0.15, -0.1) is 0 Å². The van der Waals surface area contributed by atoms with Gasteiger partial charge in [0.25, 0.3) is 0 Å². The maximum Gasteiger partial charge on any atom is 0.0135 e. The molecule has 1 heterocycles. The van der Waals surface area contributed by atoms with E-state index in [1.807, 2.05) is 0 Å². The van der Waals surface area contributed by atoms with E-state index >= 15 is 0 Å². The van der Waals surface area contributed by atoms with Crippen LogP contribution < -0.4 is 5.32 Å². The first-order valence-electron chi connectivity index (χ1n) is 4.81. The average molecular weight is 153 g/mol. The van der Waals surface area contributed by atoms with Gasteiger partial charge < -0.3 is 5.32 Å². The summed E-state index contributed by atoms with van der Waals surface area (Å²) in [5.41, 5.74) is 0. The summed E-state index contributed by atoms with van der Waals surface area (Å²) in [6, 6.07) is 0. The van der Waals surface area contributed by atoms with E-state index in [4.69, 9.17) is 0 Å². The maximum atomic E-state index is 3.37. The highest BCUT2D eigenvalue weighted by Crippen LogP contribution is 2.12. The minimum Gasteiger partial charge on any atom is -0.313 e. The van der Waals surface area contributed by atoms with Gasteiger partial charge in [0.15, 0.2) is 0 Å². The summed E-state index contributed by atoms with van der Waals surface area (Å²) in [4.78, 5) is 0. The number of hydrogen-bond acceptors (Lipinski definition) is 1. The van der Waals surface area contributed by atoms with Gasteiger partial charge in [0.2, 0.25) is 0 Å². The number of unbranched alkanes of at least 4 members (excludes halogenated alkanes) is 2. The fourth-order valence-electron chi connectivity index (χ4n) is 1.54. The van der Waals surface area contributed by atoms with Crippen LogP contribution in [-0.4, -0.2) is 13.1 Å². The molecule has 0 aliphatic carbocycles. The normalized spacial score (nSPS) is 23.9. The maximum absolute atomic E-state index is 3.37. The molecule has 0 saturated carbocycles. The van der Waals surface area contributed by atoms with Crippen LogP contribution in [0.15, 0.2) is 12.2 Å². The Morgan fingerprint density at radius 2 is 2.36 bits per heavy atom. The van der Waals surface area contributed by atoms with E-state index in [9.17, 15) is 0 Å². The van der Waals surface area contributed by atoms with E-state index < -0.39 is 0 Å². The Bertz CT molecular complexity index is 118. The largest absolute Gasteiger partial charge is 0.313 e. The van der Waals surface area contributed by atoms with Crippen molar-refractivity contribution in [3.8, 4) is 0 Å². The Balaban J connectivity index is 2.05. The predicted molar refractivity (Wildman–Crippen MR) is 49.6 cm³/mol. The lowest BCUT2D eigenvalue weighted by Gasteiger charge is -2.16. The molecular formula is C10H19N. The van der Waals surface area contributed by atoms with E-state index in [0.717, 1.165) is 12.5 Å². The van der Waals surface area contributed by atoms with Gasteiger partial charge in [0.05, 0.1) is 0 Å². The Kier molecular flexibility index (Phi) is 4.29. The van der Waals surface area contributed by atoms with Gasteiger partial charge in [-0.2, -0.15) is 0 Å². The summed E-state index contributed by atoms with van der Waals surface area (Å²) in [7, 11) is 0. The highest BCUT2D eigenvalue weighted by molar-refractivity contribution is 4.95.